The Labute approximate surface area is 181 Å². The number of anilines is 1. The molecule has 0 aliphatic carbocycles. The minimum absolute atomic E-state index is 0.121. The maximum Gasteiger partial charge on any atom is 0.189 e. The molecule has 6 heteroatoms. The number of hydrogen-bond donors (Lipinski definition) is 1. The zero-order chi connectivity index (χ0) is 21.6. The summed E-state index contributed by atoms with van der Waals surface area (Å²) in [4.78, 5) is 30.2. The van der Waals surface area contributed by atoms with Crippen molar-refractivity contribution in [3.63, 3.8) is 0 Å². The largest absolute Gasteiger partial charge is 0.382 e. The summed E-state index contributed by atoms with van der Waals surface area (Å²) in [5.41, 5.74) is 11.6. The minimum atomic E-state index is -0.201. The van der Waals surface area contributed by atoms with Gasteiger partial charge >= 0.3 is 0 Å². The second-order valence-electron chi connectivity index (χ2n) is 7.31. The molecule has 0 unspecified atom stereocenters. The fourth-order valence-corrected chi connectivity index (χ4v) is 3.50. The van der Waals surface area contributed by atoms with Crippen LogP contribution in [0.15, 0.2) is 73.4 Å². The molecule has 0 bridgehead atoms. The van der Waals surface area contributed by atoms with Gasteiger partial charge in [0, 0.05) is 42.3 Å². The van der Waals surface area contributed by atoms with Crippen LogP contribution >= 0.6 is 0 Å². The summed E-state index contributed by atoms with van der Waals surface area (Å²) < 4.78 is 0. The molecule has 154 valence electrons. The van der Waals surface area contributed by atoms with Crippen LogP contribution in [0.1, 0.15) is 35.0 Å². The maximum atomic E-state index is 13.1. The molecule has 0 amide bonds. The third kappa shape index (κ3) is 4.64. The van der Waals surface area contributed by atoms with Crippen LogP contribution in [0.4, 0.5) is 5.82 Å². The molecule has 0 spiro atoms. The Hall–Kier alpha value is -3.93. The van der Waals surface area contributed by atoms with Crippen LogP contribution in [0, 0.1) is 0 Å². The summed E-state index contributed by atoms with van der Waals surface area (Å²) >= 11 is 0. The van der Waals surface area contributed by atoms with E-state index in [2.05, 4.69) is 39.0 Å². The highest BCUT2D eigenvalue weighted by Gasteiger charge is 2.17. The Morgan fingerprint density at radius 2 is 1.74 bits per heavy atom. The van der Waals surface area contributed by atoms with Crippen molar-refractivity contribution in [2.45, 2.75) is 26.2 Å². The number of nitrogen functional groups attached to an aromatic ring is 1. The van der Waals surface area contributed by atoms with Crippen LogP contribution in [0.25, 0.3) is 22.4 Å². The Morgan fingerprint density at radius 3 is 2.48 bits per heavy atom. The molecular weight excluding hydrogens is 386 g/mol. The molecule has 0 saturated carbocycles. The van der Waals surface area contributed by atoms with Crippen molar-refractivity contribution in [3.05, 3.63) is 90.3 Å². The number of rotatable bonds is 7. The highest BCUT2D eigenvalue weighted by Crippen LogP contribution is 2.25. The number of carbonyl (C=O) groups is 1. The molecule has 0 atom stereocenters. The number of aromatic nitrogens is 4. The SMILES string of the molecule is CCCc1ccc(-c2cnc(N)c(C(=O)Cc3cnccc3-c3cccnc3)n2)cc1. The summed E-state index contributed by atoms with van der Waals surface area (Å²) in [6, 6.07) is 13.8. The van der Waals surface area contributed by atoms with E-state index < -0.39 is 0 Å². The Morgan fingerprint density at radius 1 is 0.935 bits per heavy atom. The average Bonchev–Trinajstić information content (AvgIpc) is 2.81. The molecular formula is C25H23N5O. The molecule has 4 aromatic rings. The van der Waals surface area contributed by atoms with Crippen LogP contribution in [0.2, 0.25) is 0 Å². The minimum Gasteiger partial charge on any atom is -0.382 e. The number of pyridine rings is 2. The number of carbonyl (C=O) groups excluding carboxylic acids is 1. The smallest absolute Gasteiger partial charge is 0.189 e. The Balaban J connectivity index is 1.62. The van der Waals surface area contributed by atoms with E-state index in [1.54, 1.807) is 31.0 Å². The van der Waals surface area contributed by atoms with E-state index in [4.69, 9.17) is 5.73 Å². The number of nitrogens with zero attached hydrogens (tertiary/aromatic N) is 4. The highest BCUT2D eigenvalue weighted by atomic mass is 16.1. The molecule has 0 fully saturated rings. The molecule has 0 aliphatic rings. The van der Waals surface area contributed by atoms with Gasteiger partial charge < -0.3 is 5.73 Å². The number of ketones is 1. The van der Waals surface area contributed by atoms with Crippen molar-refractivity contribution in [3.8, 4) is 22.4 Å². The van der Waals surface area contributed by atoms with E-state index in [1.165, 1.54) is 5.56 Å². The molecule has 3 heterocycles. The zero-order valence-corrected chi connectivity index (χ0v) is 17.3. The molecule has 1 aromatic carbocycles. The van der Waals surface area contributed by atoms with Gasteiger partial charge in [-0.05, 0) is 35.2 Å². The van der Waals surface area contributed by atoms with Crippen LogP contribution in [-0.2, 0) is 12.8 Å². The van der Waals surface area contributed by atoms with Crippen molar-refractivity contribution in [2.24, 2.45) is 0 Å². The first kappa shape index (κ1) is 20.3. The summed E-state index contributed by atoms with van der Waals surface area (Å²) in [5.74, 6) is -0.0734. The maximum absolute atomic E-state index is 13.1. The molecule has 3 aromatic heterocycles. The summed E-state index contributed by atoms with van der Waals surface area (Å²) in [5, 5.41) is 0. The van der Waals surface area contributed by atoms with Crippen molar-refractivity contribution in [1.29, 1.82) is 0 Å². The van der Waals surface area contributed by atoms with Gasteiger partial charge in [0.15, 0.2) is 11.6 Å². The van der Waals surface area contributed by atoms with Crippen molar-refractivity contribution >= 4 is 11.6 Å². The van der Waals surface area contributed by atoms with E-state index in [1.807, 2.05) is 30.3 Å². The lowest BCUT2D eigenvalue weighted by Gasteiger charge is -2.10. The fourth-order valence-electron chi connectivity index (χ4n) is 3.50. The summed E-state index contributed by atoms with van der Waals surface area (Å²) in [7, 11) is 0. The van der Waals surface area contributed by atoms with Gasteiger partial charge in [-0.2, -0.15) is 0 Å². The van der Waals surface area contributed by atoms with E-state index in [0.29, 0.717) is 5.69 Å². The van der Waals surface area contributed by atoms with Crippen molar-refractivity contribution < 1.29 is 4.79 Å². The van der Waals surface area contributed by atoms with E-state index in [-0.39, 0.29) is 23.7 Å². The van der Waals surface area contributed by atoms with Crippen LogP contribution in [0.3, 0.4) is 0 Å². The van der Waals surface area contributed by atoms with E-state index in [9.17, 15) is 4.79 Å². The van der Waals surface area contributed by atoms with Gasteiger partial charge in [-0.1, -0.05) is 43.7 Å². The number of aryl methyl sites for hydroxylation is 1. The Kier molecular flexibility index (Phi) is 6.08. The molecule has 0 aliphatic heterocycles. The highest BCUT2D eigenvalue weighted by molar-refractivity contribution is 6.00. The molecule has 6 nitrogen and oxygen atoms in total. The fraction of sp³-hybridized carbons (Fsp3) is 0.160. The number of nitrogens with two attached hydrogens (primary N) is 1. The van der Waals surface area contributed by atoms with Gasteiger partial charge in [-0.25, -0.2) is 9.97 Å². The average molecular weight is 409 g/mol. The first-order chi connectivity index (χ1) is 15.2. The quantitative estimate of drug-likeness (QED) is 0.450. The lowest BCUT2D eigenvalue weighted by atomic mass is 9.98. The normalized spacial score (nSPS) is 10.7. The standard InChI is InChI=1S/C25H23N5O/c1-2-4-17-6-8-18(9-7-17)22-16-29-25(26)24(30-22)23(31)13-20-15-28-12-10-21(20)19-5-3-11-27-14-19/h3,5-12,14-16H,2,4,13H2,1H3,(H2,26,29). The summed E-state index contributed by atoms with van der Waals surface area (Å²) in [6.07, 6.45) is 10.7. The van der Waals surface area contributed by atoms with Gasteiger partial charge in [0.25, 0.3) is 0 Å². The third-order valence-electron chi connectivity index (χ3n) is 5.08. The Bertz CT molecular complexity index is 1190. The summed E-state index contributed by atoms with van der Waals surface area (Å²) in [6.45, 7) is 2.15. The van der Waals surface area contributed by atoms with Crippen LogP contribution in [0.5, 0.6) is 0 Å². The lowest BCUT2D eigenvalue weighted by molar-refractivity contribution is 0.0989. The first-order valence-corrected chi connectivity index (χ1v) is 10.2. The second kappa shape index (κ2) is 9.26. The lowest BCUT2D eigenvalue weighted by Crippen LogP contribution is -2.12. The predicted molar refractivity (Wildman–Crippen MR) is 121 cm³/mol. The number of hydrogen-bond acceptors (Lipinski definition) is 6. The second-order valence-corrected chi connectivity index (χ2v) is 7.31. The number of benzene rings is 1. The molecule has 0 saturated heterocycles. The van der Waals surface area contributed by atoms with Gasteiger partial charge in [-0.15, -0.1) is 0 Å². The van der Waals surface area contributed by atoms with Gasteiger partial charge in [-0.3, -0.25) is 14.8 Å². The number of Topliss-reactive ketones (excluding diaryl/α,β-unsaturated/α-hetero) is 1. The molecule has 2 N–H and O–H groups in total. The topological polar surface area (TPSA) is 94.7 Å². The first-order valence-electron chi connectivity index (χ1n) is 10.2. The predicted octanol–water partition coefficient (Wildman–Crippen LogP) is 4.56. The van der Waals surface area contributed by atoms with Gasteiger partial charge in [0.1, 0.15) is 5.69 Å². The van der Waals surface area contributed by atoms with Gasteiger partial charge in [0.05, 0.1) is 11.9 Å². The third-order valence-corrected chi connectivity index (χ3v) is 5.08. The zero-order valence-electron chi connectivity index (χ0n) is 17.3. The van der Waals surface area contributed by atoms with Crippen molar-refractivity contribution in [2.75, 3.05) is 5.73 Å². The molecule has 31 heavy (non-hydrogen) atoms. The molecule has 4 rings (SSSR count). The van der Waals surface area contributed by atoms with Crippen LogP contribution < -0.4 is 5.73 Å². The monoisotopic (exact) mass is 409 g/mol. The van der Waals surface area contributed by atoms with E-state index in [0.717, 1.165) is 35.1 Å². The van der Waals surface area contributed by atoms with Crippen LogP contribution in [-0.4, -0.2) is 25.7 Å². The van der Waals surface area contributed by atoms with E-state index >= 15 is 0 Å². The van der Waals surface area contributed by atoms with Crippen molar-refractivity contribution in [1.82, 2.24) is 19.9 Å². The van der Waals surface area contributed by atoms with Gasteiger partial charge in [0.2, 0.25) is 0 Å². The molecule has 0 radical (unpaired) electrons.